The predicted octanol–water partition coefficient (Wildman–Crippen LogP) is 0.945. The van der Waals surface area contributed by atoms with E-state index in [0.717, 1.165) is 0 Å². The number of ether oxygens (including phenoxy) is 1. The van der Waals surface area contributed by atoms with Crippen molar-refractivity contribution < 1.29 is 19.2 Å². The summed E-state index contributed by atoms with van der Waals surface area (Å²) in [7, 11) is 1.20. The summed E-state index contributed by atoms with van der Waals surface area (Å²) >= 11 is 0. The zero-order chi connectivity index (χ0) is 13.7. The lowest BCUT2D eigenvalue weighted by Crippen LogP contribution is -2.32. The Balaban J connectivity index is 3.01. The van der Waals surface area contributed by atoms with E-state index < -0.39 is 22.8 Å². The topological polar surface area (TPSA) is 98.5 Å². The lowest BCUT2D eigenvalue weighted by Gasteiger charge is -2.15. The van der Waals surface area contributed by atoms with Gasteiger partial charge in [-0.3, -0.25) is 14.9 Å². The number of hydrogen-bond donors (Lipinski definition) is 1. The number of non-ortho nitro benzene ring substituents is 1. The minimum Gasteiger partial charge on any atom is -0.467 e. The van der Waals surface area contributed by atoms with Crippen LogP contribution in [0.1, 0.15) is 18.5 Å². The Bertz CT molecular complexity index is 469. The normalized spacial score (nSPS) is 11.4. The van der Waals surface area contributed by atoms with E-state index in [1.54, 1.807) is 0 Å². The van der Waals surface area contributed by atoms with Crippen LogP contribution in [0.3, 0.4) is 0 Å². The maximum Gasteiger partial charge on any atom is 0.333 e. The van der Waals surface area contributed by atoms with Crippen LogP contribution in [0.4, 0.5) is 5.69 Å². The lowest BCUT2D eigenvalue weighted by atomic mass is 10.1. The van der Waals surface area contributed by atoms with E-state index in [9.17, 15) is 19.7 Å². The smallest absolute Gasteiger partial charge is 0.333 e. The summed E-state index contributed by atoms with van der Waals surface area (Å²) in [5.74, 6) is -1.04. The number of methoxy groups -OCH3 is 1. The number of amides is 1. The third-order valence-corrected chi connectivity index (χ3v) is 2.22. The molecule has 7 heteroatoms. The number of benzene rings is 1. The minimum absolute atomic E-state index is 0.0924. The SMILES string of the molecule is COC(=O)C(NC(C)=O)c1ccc([N+](=O)[O-])cc1. The number of hydrogen-bond acceptors (Lipinski definition) is 5. The van der Waals surface area contributed by atoms with Crippen molar-refractivity contribution in [3.63, 3.8) is 0 Å². The number of nitrogens with one attached hydrogen (secondary N) is 1. The van der Waals surface area contributed by atoms with Gasteiger partial charge in [-0.15, -0.1) is 0 Å². The van der Waals surface area contributed by atoms with Gasteiger partial charge < -0.3 is 10.1 Å². The Hall–Kier alpha value is -2.44. The highest BCUT2D eigenvalue weighted by atomic mass is 16.6. The number of nitrogens with zero attached hydrogens (tertiary/aromatic N) is 1. The Labute approximate surface area is 103 Å². The summed E-state index contributed by atoms with van der Waals surface area (Å²) in [6.07, 6.45) is 0. The number of nitro benzene ring substituents is 1. The first-order valence-corrected chi connectivity index (χ1v) is 5.05. The van der Waals surface area contributed by atoms with E-state index in [0.29, 0.717) is 5.56 Å². The van der Waals surface area contributed by atoms with Gasteiger partial charge in [-0.2, -0.15) is 0 Å². The molecule has 0 saturated heterocycles. The van der Waals surface area contributed by atoms with Crippen LogP contribution in [-0.4, -0.2) is 23.9 Å². The predicted molar refractivity (Wildman–Crippen MR) is 61.7 cm³/mol. The van der Waals surface area contributed by atoms with E-state index in [1.165, 1.54) is 38.3 Å². The van der Waals surface area contributed by atoms with Crippen LogP contribution in [0.5, 0.6) is 0 Å². The van der Waals surface area contributed by atoms with Crippen molar-refractivity contribution in [1.82, 2.24) is 5.32 Å². The van der Waals surface area contributed by atoms with Crippen LogP contribution in [0.2, 0.25) is 0 Å². The number of carbonyl (C=O) groups is 2. The Morgan fingerprint density at radius 1 is 1.33 bits per heavy atom. The van der Waals surface area contributed by atoms with Crippen molar-refractivity contribution in [1.29, 1.82) is 0 Å². The van der Waals surface area contributed by atoms with Crippen LogP contribution >= 0.6 is 0 Å². The first-order valence-electron chi connectivity index (χ1n) is 5.05. The van der Waals surface area contributed by atoms with E-state index in [1.807, 2.05) is 0 Å². The Kier molecular flexibility index (Phi) is 4.36. The fourth-order valence-electron chi connectivity index (χ4n) is 1.39. The first-order chi connectivity index (χ1) is 8.45. The van der Waals surface area contributed by atoms with Gasteiger partial charge in [-0.25, -0.2) is 4.79 Å². The summed E-state index contributed by atoms with van der Waals surface area (Å²) in [4.78, 5) is 32.4. The summed E-state index contributed by atoms with van der Waals surface area (Å²) < 4.78 is 4.56. The van der Waals surface area contributed by atoms with Crippen molar-refractivity contribution in [3.05, 3.63) is 39.9 Å². The van der Waals surface area contributed by atoms with Gasteiger partial charge in [0.2, 0.25) is 5.91 Å². The molecule has 18 heavy (non-hydrogen) atoms. The zero-order valence-corrected chi connectivity index (χ0v) is 9.88. The van der Waals surface area contributed by atoms with Crippen molar-refractivity contribution in [2.24, 2.45) is 0 Å². The molecule has 1 rings (SSSR count). The lowest BCUT2D eigenvalue weighted by molar-refractivity contribution is -0.384. The van der Waals surface area contributed by atoms with Crippen LogP contribution in [0.15, 0.2) is 24.3 Å². The molecule has 0 aromatic heterocycles. The molecule has 1 amide bonds. The fraction of sp³-hybridized carbons (Fsp3) is 0.273. The van der Waals surface area contributed by atoms with E-state index in [4.69, 9.17) is 0 Å². The molecular formula is C11H12N2O5. The molecule has 1 unspecified atom stereocenters. The molecule has 0 saturated carbocycles. The summed E-state index contributed by atoms with van der Waals surface area (Å²) in [6.45, 7) is 1.27. The van der Waals surface area contributed by atoms with Gasteiger partial charge in [-0.1, -0.05) is 0 Å². The highest BCUT2D eigenvalue weighted by Gasteiger charge is 2.22. The van der Waals surface area contributed by atoms with Gasteiger partial charge in [0.1, 0.15) is 0 Å². The molecule has 0 aliphatic rings. The summed E-state index contributed by atoms with van der Waals surface area (Å²) in [5, 5.41) is 12.9. The second-order valence-corrected chi connectivity index (χ2v) is 3.51. The molecule has 0 aliphatic carbocycles. The zero-order valence-electron chi connectivity index (χ0n) is 9.88. The quantitative estimate of drug-likeness (QED) is 0.488. The molecule has 1 N–H and O–H groups in total. The maximum atomic E-state index is 11.5. The summed E-state index contributed by atoms with van der Waals surface area (Å²) in [5.41, 5.74) is 0.327. The molecule has 96 valence electrons. The van der Waals surface area contributed by atoms with Crippen LogP contribution in [0, 0.1) is 10.1 Å². The van der Waals surface area contributed by atoms with Crippen LogP contribution < -0.4 is 5.32 Å². The van der Waals surface area contributed by atoms with E-state index in [2.05, 4.69) is 10.1 Å². The van der Waals surface area contributed by atoms with Crippen molar-refractivity contribution >= 4 is 17.6 Å². The molecule has 0 heterocycles. The van der Waals surface area contributed by atoms with Crippen molar-refractivity contribution in [3.8, 4) is 0 Å². The molecule has 1 aromatic carbocycles. The van der Waals surface area contributed by atoms with Gasteiger partial charge in [0.05, 0.1) is 12.0 Å². The first kappa shape index (κ1) is 13.6. The molecule has 7 nitrogen and oxygen atoms in total. The van der Waals surface area contributed by atoms with Crippen LogP contribution in [-0.2, 0) is 14.3 Å². The fourth-order valence-corrected chi connectivity index (χ4v) is 1.39. The molecule has 1 atom stereocenters. The van der Waals surface area contributed by atoms with E-state index >= 15 is 0 Å². The van der Waals surface area contributed by atoms with E-state index in [-0.39, 0.29) is 5.69 Å². The largest absolute Gasteiger partial charge is 0.467 e. The van der Waals surface area contributed by atoms with Gasteiger partial charge in [0.25, 0.3) is 5.69 Å². The average Bonchev–Trinajstić information content (AvgIpc) is 2.35. The monoisotopic (exact) mass is 252 g/mol. The van der Waals surface area contributed by atoms with Crippen molar-refractivity contribution in [2.75, 3.05) is 7.11 Å². The molecule has 1 aromatic rings. The van der Waals surface area contributed by atoms with Gasteiger partial charge >= 0.3 is 5.97 Å². The molecule has 0 aliphatic heterocycles. The molecular weight excluding hydrogens is 240 g/mol. The Morgan fingerprint density at radius 2 is 1.89 bits per heavy atom. The van der Waals surface area contributed by atoms with Crippen LogP contribution in [0.25, 0.3) is 0 Å². The second kappa shape index (κ2) is 5.76. The molecule has 0 spiro atoms. The Morgan fingerprint density at radius 3 is 2.28 bits per heavy atom. The standard InChI is InChI=1S/C11H12N2O5/c1-7(14)12-10(11(15)18-2)8-3-5-9(6-4-8)13(16)17/h3-6,10H,1-2H3,(H,12,14). The maximum absolute atomic E-state index is 11.5. The highest BCUT2D eigenvalue weighted by Crippen LogP contribution is 2.18. The third kappa shape index (κ3) is 3.27. The molecule has 0 bridgehead atoms. The molecule has 0 radical (unpaired) electrons. The number of carbonyl (C=O) groups excluding carboxylic acids is 2. The second-order valence-electron chi connectivity index (χ2n) is 3.51. The summed E-state index contributed by atoms with van der Waals surface area (Å²) in [6, 6.07) is 4.35. The average molecular weight is 252 g/mol. The third-order valence-electron chi connectivity index (χ3n) is 2.22. The molecule has 0 fully saturated rings. The number of esters is 1. The highest BCUT2D eigenvalue weighted by molar-refractivity contribution is 5.84. The van der Waals surface area contributed by atoms with Gasteiger partial charge in [0.15, 0.2) is 6.04 Å². The number of rotatable bonds is 4. The van der Waals surface area contributed by atoms with Crippen molar-refractivity contribution in [2.45, 2.75) is 13.0 Å². The van der Waals surface area contributed by atoms with Gasteiger partial charge in [0, 0.05) is 19.1 Å². The minimum atomic E-state index is -0.965. The number of nitro groups is 1. The van der Waals surface area contributed by atoms with Gasteiger partial charge in [-0.05, 0) is 17.7 Å².